The van der Waals surface area contributed by atoms with Crippen molar-refractivity contribution in [2.45, 2.75) is 6.42 Å². The van der Waals surface area contributed by atoms with Gasteiger partial charge in [0.2, 0.25) is 10.0 Å². The average Bonchev–Trinajstić information content (AvgIpc) is 2.11. The maximum Gasteiger partial charge on any atom is 0.306 e. The monoisotopic (exact) mass is 205 g/mol. The van der Waals surface area contributed by atoms with Crippen LogP contribution >= 0.6 is 0 Å². The fourth-order valence-corrected chi connectivity index (χ4v) is 1.43. The molecule has 0 saturated carbocycles. The van der Waals surface area contributed by atoms with E-state index in [1.165, 1.54) is 7.11 Å². The van der Waals surface area contributed by atoms with Crippen molar-refractivity contribution in [3.05, 3.63) is 0 Å². The molecule has 0 aliphatic heterocycles. The van der Waals surface area contributed by atoms with Gasteiger partial charge in [-0.05, 0) is 0 Å². The van der Waals surface area contributed by atoms with Crippen molar-refractivity contribution in [2.24, 2.45) is 0 Å². The van der Waals surface area contributed by atoms with E-state index < -0.39 is 16.0 Å². The Kier molecular flexibility index (Phi) is 5.11. The molecule has 74 valence electrons. The normalized spacial score (nSPS) is 10.5. The summed E-state index contributed by atoms with van der Waals surface area (Å²) in [6, 6.07) is 0. The molecule has 0 aromatic rings. The van der Waals surface area contributed by atoms with Crippen molar-refractivity contribution >= 4 is 16.0 Å². The van der Waals surface area contributed by atoms with Crippen molar-refractivity contribution < 1.29 is 17.9 Å². The van der Waals surface area contributed by atoms with Crippen LogP contribution in [-0.4, -0.2) is 33.8 Å². The van der Waals surface area contributed by atoms with Gasteiger partial charge in [0, 0.05) is 0 Å². The Morgan fingerprint density at radius 2 is 2.23 bits per heavy atom. The van der Waals surface area contributed by atoms with Crippen LogP contribution in [0.3, 0.4) is 0 Å². The van der Waals surface area contributed by atoms with Crippen LogP contribution in [0.4, 0.5) is 0 Å². The van der Waals surface area contributed by atoms with Gasteiger partial charge in [-0.25, -0.2) is 13.1 Å². The van der Waals surface area contributed by atoms with E-state index in [9.17, 15) is 13.2 Å². The zero-order valence-corrected chi connectivity index (χ0v) is 8.06. The molecule has 0 heterocycles. The summed E-state index contributed by atoms with van der Waals surface area (Å²) in [6.45, 7) is -0.0660. The van der Waals surface area contributed by atoms with Crippen LogP contribution in [0.2, 0.25) is 0 Å². The van der Waals surface area contributed by atoms with E-state index in [0.29, 0.717) is 0 Å². The van der Waals surface area contributed by atoms with Gasteiger partial charge in [0.15, 0.2) is 0 Å². The molecule has 13 heavy (non-hydrogen) atoms. The molecule has 0 aromatic heterocycles. The van der Waals surface area contributed by atoms with Gasteiger partial charge in [0.1, 0.15) is 0 Å². The van der Waals surface area contributed by atoms with E-state index >= 15 is 0 Å². The van der Waals surface area contributed by atoms with E-state index in [1.807, 2.05) is 0 Å². The first-order valence-corrected chi connectivity index (χ1v) is 5.14. The van der Waals surface area contributed by atoms with Crippen LogP contribution in [0.1, 0.15) is 6.42 Å². The largest absolute Gasteiger partial charge is 0.469 e. The van der Waals surface area contributed by atoms with Gasteiger partial charge in [0.25, 0.3) is 0 Å². The van der Waals surface area contributed by atoms with E-state index in [4.69, 9.17) is 6.42 Å². The van der Waals surface area contributed by atoms with Gasteiger partial charge in [-0.3, -0.25) is 4.79 Å². The predicted molar refractivity (Wildman–Crippen MR) is 47.3 cm³/mol. The quantitative estimate of drug-likeness (QED) is 0.466. The summed E-state index contributed by atoms with van der Waals surface area (Å²) in [5, 5.41) is 0. The number of hydrogen-bond donors (Lipinski definition) is 1. The molecule has 5 nitrogen and oxygen atoms in total. The highest BCUT2D eigenvalue weighted by Crippen LogP contribution is 1.90. The molecular weight excluding hydrogens is 194 g/mol. The Hall–Kier alpha value is -1.06. The van der Waals surface area contributed by atoms with Crippen LogP contribution in [0.5, 0.6) is 0 Å². The van der Waals surface area contributed by atoms with Crippen molar-refractivity contribution in [2.75, 3.05) is 19.4 Å². The fraction of sp³-hybridized carbons (Fsp3) is 0.571. The highest BCUT2D eigenvalue weighted by molar-refractivity contribution is 7.89. The molecule has 0 bridgehead atoms. The fourth-order valence-electron chi connectivity index (χ4n) is 0.544. The molecular formula is C7H11NO4S. The summed E-state index contributed by atoms with van der Waals surface area (Å²) in [7, 11) is -2.24. The smallest absolute Gasteiger partial charge is 0.306 e. The summed E-state index contributed by atoms with van der Waals surface area (Å²) in [5.41, 5.74) is 0. The Bertz CT molecular complexity index is 301. The molecule has 0 aliphatic carbocycles. The zero-order chi connectivity index (χ0) is 10.3. The summed E-state index contributed by atoms with van der Waals surface area (Å²) in [5.74, 6) is 1.25. The van der Waals surface area contributed by atoms with Gasteiger partial charge < -0.3 is 4.74 Å². The van der Waals surface area contributed by atoms with Gasteiger partial charge in [0.05, 0.1) is 25.8 Å². The van der Waals surface area contributed by atoms with Crippen molar-refractivity contribution in [1.82, 2.24) is 4.72 Å². The highest BCUT2D eigenvalue weighted by Gasteiger charge is 2.11. The number of sulfonamides is 1. The Labute approximate surface area is 77.5 Å². The third-order valence-electron chi connectivity index (χ3n) is 1.20. The lowest BCUT2D eigenvalue weighted by molar-refractivity contribution is -0.140. The standard InChI is InChI=1S/C7H11NO4S/c1-3-5-8-13(10,11)6-4-7(9)12-2/h1,8H,4-6H2,2H3. The minimum atomic E-state index is -3.44. The summed E-state index contributed by atoms with van der Waals surface area (Å²) in [6.07, 6.45) is 4.68. The highest BCUT2D eigenvalue weighted by atomic mass is 32.2. The molecule has 0 saturated heterocycles. The lowest BCUT2D eigenvalue weighted by Gasteiger charge is -2.02. The third kappa shape index (κ3) is 6.13. The number of carbonyl (C=O) groups is 1. The third-order valence-corrected chi connectivity index (χ3v) is 2.52. The molecule has 0 rings (SSSR count). The lowest BCUT2D eigenvalue weighted by atomic mass is 10.5. The van der Waals surface area contributed by atoms with Crippen LogP contribution in [0.25, 0.3) is 0 Å². The second kappa shape index (κ2) is 5.56. The predicted octanol–water partition coefficient (Wildman–Crippen LogP) is -0.898. The summed E-state index contributed by atoms with van der Waals surface area (Å²) >= 11 is 0. The lowest BCUT2D eigenvalue weighted by Crippen LogP contribution is -2.27. The maximum atomic E-state index is 11.0. The number of methoxy groups -OCH3 is 1. The van der Waals surface area contributed by atoms with Crippen LogP contribution < -0.4 is 4.72 Å². The number of hydrogen-bond acceptors (Lipinski definition) is 4. The molecule has 0 aromatic carbocycles. The molecule has 0 aliphatic rings. The molecule has 0 spiro atoms. The first kappa shape index (κ1) is 11.9. The minimum Gasteiger partial charge on any atom is -0.469 e. The number of esters is 1. The van der Waals surface area contributed by atoms with E-state index in [-0.39, 0.29) is 18.7 Å². The molecule has 6 heteroatoms. The maximum absolute atomic E-state index is 11.0. The molecule has 1 N–H and O–H groups in total. The van der Waals surface area contributed by atoms with Gasteiger partial charge in [-0.15, -0.1) is 6.42 Å². The SMILES string of the molecule is C#CCNS(=O)(=O)CCC(=O)OC. The van der Waals surface area contributed by atoms with Gasteiger partial charge in [-0.1, -0.05) is 5.92 Å². The Morgan fingerprint density at radius 1 is 1.62 bits per heavy atom. The number of rotatable bonds is 5. The topological polar surface area (TPSA) is 72.5 Å². The number of terminal acetylenes is 1. The number of nitrogens with one attached hydrogen (secondary N) is 1. The first-order valence-electron chi connectivity index (χ1n) is 3.49. The first-order chi connectivity index (χ1) is 6.02. The van der Waals surface area contributed by atoms with E-state index in [0.717, 1.165) is 0 Å². The molecule has 0 fully saturated rings. The van der Waals surface area contributed by atoms with Crippen LogP contribution in [0, 0.1) is 12.3 Å². The van der Waals surface area contributed by atoms with Crippen molar-refractivity contribution in [3.63, 3.8) is 0 Å². The van der Waals surface area contributed by atoms with E-state index in [2.05, 4.69) is 15.4 Å². The van der Waals surface area contributed by atoms with Gasteiger partial charge >= 0.3 is 5.97 Å². The average molecular weight is 205 g/mol. The number of ether oxygens (including phenoxy) is 1. The van der Waals surface area contributed by atoms with Crippen molar-refractivity contribution in [1.29, 1.82) is 0 Å². The van der Waals surface area contributed by atoms with Crippen LogP contribution in [-0.2, 0) is 19.6 Å². The Morgan fingerprint density at radius 3 is 2.69 bits per heavy atom. The number of carbonyl (C=O) groups excluding carboxylic acids is 1. The zero-order valence-electron chi connectivity index (χ0n) is 7.24. The molecule has 0 amide bonds. The minimum absolute atomic E-state index is 0.0660. The van der Waals surface area contributed by atoms with Crippen LogP contribution in [0.15, 0.2) is 0 Å². The van der Waals surface area contributed by atoms with E-state index in [1.54, 1.807) is 0 Å². The molecule has 0 atom stereocenters. The summed E-state index contributed by atoms with van der Waals surface area (Å²) in [4.78, 5) is 10.6. The molecule has 0 radical (unpaired) electrons. The van der Waals surface area contributed by atoms with Gasteiger partial charge in [-0.2, -0.15) is 0 Å². The summed E-state index contributed by atoms with van der Waals surface area (Å²) < 4.78 is 28.4. The molecule has 0 unspecified atom stereocenters. The Balaban J connectivity index is 3.91. The second-order valence-corrected chi connectivity index (χ2v) is 4.10. The van der Waals surface area contributed by atoms with Crippen molar-refractivity contribution in [3.8, 4) is 12.3 Å². The second-order valence-electron chi connectivity index (χ2n) is 2.17.